The van der Waals surface area contributed by atoms with Gasteiger partial charge in [-0.05, 0) is 49.6 Å². The molecule has 0 fully saturated rings. The van der Waals surface area contributed by atoms with Crippen LogP contribution in [0.15, 0.2) is 53.0 Å². The number of halogens is 1. The fourth-order valence-electron chi connectivity index (χ4n) is 3.58. The van der Waals surface area contributed by atoms with E-state index in [1.165, 1.54) is 11.4 Å². The number of nitrogens with zero attached hydrogens (tertiary/aromatic N) is 2. The maximum atomic E-state index is 13.3. The van der Waals surface area contributed by atoms with Crippen molar-refractivity contribution in [1.82, 2.24) is 10.2 Å². The van der Waals surface area contributed by atoms with Crippen LogP contribution in [0.1, 0.15) is 38.7 Å². The number of amides is 2. The molecule has 0 saturated heterocycles. The molecule has 1 atom stereocenters. The third-order valence-electron chi connectivity index (χ3n) is 5.45. The lowest BCUT2D eigenvalue weighted by Gasteiger charge is -2.29. The molecule has 0 spiro atoms. The van der Waals surface area contributed by atoms with Crippen LogP contribution >= 0.6 is 15.9 Å². The Morgan fingerprint density at radius 2 is 1.86 bits per heavy atom. The Morgan fingerprint density at radius 1 is 1.14 bits per heavy atom. The molecule has 2 amide bonds. The predicted molar refractivity (Wildman–Crippen MR) is 142 cm³/mol. The van der Waals surface area contributed by atoms with Crippen molar-refractivity contribution >= 4 is 43.5 Å². The lowest BCUT2D eigenvalue weighted by Crippen LogP contribution is -2.47. The highest BCUT2D eigenvalue weighted by atomic mass is 79.9. The van der Waals surface area contributed by atoms with Crippen molar-refractivity contribution in [3.8, 4) is 5.75 Å². The van der Waals surface area contributed by atoms with Gasteiger partial charge in [0.2, 0.25) is 21.8 Å². The normalized spacial score (nSPS) is 12.0. The molecule has 0 aromatic heterocycles. The molecule has 0 saturated carbocycles. The number of carbonyl (C=O) groups excluding carboxylic acids is 2. The molecule has 0 aliphatic carbocycles. The Balaban J connectivity index is 2.16. The second kappa shape index (κ2) is 13.5. The number of sulfonamides is 1. The first kappa shape index (κ1) is 28.6. The average molecular weight is 569 g/mol. The summed E-state index contributed by atoms with van der Waals surface area (Å²) in [5.41, 5.74) is 1.36. The van der Waals surface area contributed by atoms with Gasteiger partial charge in [-0.25, -0.2) is 8.42 Å². The standard InChI is InChI=1S/C25H34BrN3O5S/c1-5-14-27-25(31)19(2)28(18-20-9-6-10-21(26)16-20)24(30)13-8-15-29(35(4,32)33)22-11-7-12-23(17-22)34-3/h6-7,9-12,16-17,19H,5,8,13-15,18H2,1-4H3,(H,27,31). The number of benzene rings is 2. The van der Waals surface area contributed by atoms with Crippen molar-refractivity contribution in [2.45, 2.75) is 45.7 Å². The number of hydrogen-bond acceptors (Lipinski definition) is 5. The maximum absolute atomic E-state index is 13.3. The SMILES string of the molecule is CCCNC(=O)C(C)N(Cc1cccc(Br)c1)C(=O)CCCN(c1cccc(OC)c1)S(C)(=O)=O. The van der Waals surface area contributed by atoms with Crippen LogP contribution < -0.4 is 14.4 Å². The summed E-state index contributed by atoms with van der Waals surface area (Å²) in [7, 11) is -2.06. The monoisotopic (exact) mass is 567 g/mol. The minimum Gasteiger partial charge on any atom is -0.497 e. The minimum atomic E-state index is -3.57. The van der Waals surface area contributed by atoms with Crippen LogP contribution in [0.25, 0.3) is 0 Å². The molecule has 2 aromatic carbocycles. The lowest BCUT2D eigenvalue weighted by molar-refractivity contribution is -0.140. The van der Waals surface area contributed by atoms with Crippen molar-refractivity contribution in [3.63, 3.8) is 0 Å². The van der Waals surface area contributed by atoms with Crippen LogP contribution in [0, 0.1) is 0 Å². The third-order valence-corrected chi connectivity index (χ3v) is 7.14. The topological polar surface area (TPSA) is 96.0 Å². The van der Waals surface area contributed by atoms with Gasteiger partial charge in [0.25, 0.3) is 0 Å². The molecule has 8 nitrogen and oxygen atoms in total. The van der Waals surface area contributed by atoms with Gasteiger partial charge in [-0.1, -0.05) is 41.1 Å². The zero-order chi connectivity index (χ0) is 26.0. The zero-order valence-corrected chi connectivity index (χ0v) is 23.1. The van der Waals surface area contributed by atoms with Crippen molar-refractivity contribution in [1.29, 1.82) is 0 Å². The van der Waals surface area contributed by atoms with Gasteiger partial charge in [-0.2, -0.15) is 0 Å². The van der Waals surface area contributed by atoms with Gasteiger partial charge in [0.15, 0.2) is 0 Å². The Bertz CT molecular complexity index is 1110. The van der Waals surface area contributed by atoms with E-state index in [0.717, 1.165) is 22.7 Å². The van der Waals surface area contributed by atoms with Crippen molar-refractivity contribution in [2.24, 2.45) is 0 Å². The van der Waals surface area contributed by atoms with E-state index >= 15 is 0 Å². The molecule has 0 bridgehead atoms. The highest BCUT2D eigenvalue weighted by Gasteiger charge is 2.26. The third kappa shape index (κ3) is 8.85. The van der Waals surface area contributed by atoms with Gasteiger partial charge in [-0.15, -0.1) is 0 Å². The summed E-state index contributed by atoms with van der Waals surface area (Å²) in [5, 5.41) is 2.85. The van der Waals surface area contributed by atoms with E-state index in [1.54, 1.807) is 36.1 Å². The molecule has 2 rings (SSSR count). The van der Waals surface area contributed by atoms with Crippen LogP contribution in [-0.2, 0) is 26.2 Å². The van der Waals surface area contributed by atoms with Crippen LogP contribution in [-0.4, -0.2) is 57.6 Å². The van der Waals surface area contributed by atoms with Crippen LogP contribution in [0.5, 0.6) is 5.75 Å². The lowest BCUT2D eigenvalue weighted by atomic mass is 10.1. The van der Waals surface area contributed by atoms with Gasteiger partial charge in [-0.3, -0.25) is 13.9 Å². The second-order valence-electron chi connectivity index (χ2n) is 8.26. The van der Waals surface area contributed by atoms with Crippen molar-refractivity contribution in [3.05, 3.63) is 58.6 Å². The van der Waals surface area contributed by atoms with E-state index in [4.69, 9.17) is 4.74 Å². The molecule has 2 aromatic rings. The predicted octanol–water partition coefficient (Wildman–Crippen LogP) is 3.95. The number of ether oxygens (including phenoxy) is 1. The molecule has 192 valence electrons. The first-order valence-electron chi connectivity index (χ1n) is 11.5. The molecule has 1 unspecified atom stereocenters. The molecule has 1 N–H and O–H groups in total. The first-order chi connectivity index (χ1) is 16.6. The number of anilines is 1. The number of rotatable bonds is 13. The summed E-state index contributed by atoms with van der Waals surface area (Å²) in [4.78, 5) is 27.5. The van der Waals surface area contributed by atoms with Crippen LogP contribution in [0.4, 0.5) is 5.69 Å². The number of methoxy groups -OCH3 is 1. The summed E-state index contributed by atoms with van der Waals surface area (Å²) in [6.45, 7) is 4.60. The molecular weight excluding hydrogens is 534 g/mol. The Labute approximate surface area is 216 Å². The van der Waals surface area contributed by atoms with Crippen molar-refractivity contribution in [2.75, 3.05) is 30.8 Å². The summed E-state index contributed by atoms with van der Waals surface area (Å²) < 4.78 is 32.2. The fraction of sp³-hybridized carbons (Fsp3) is 0.440. The molecule has 0 radical (unpaired) electrons. The number of nitrogens with one attached hydrogen (secondary N) is 1. The van der Waals surface area contributed by atoms with E-state index in [2.05, 4.69) is 21.2 Å². The smallest absolute Gasteiger partial charge is 0.242 e. The highest BCUT2D eigenvalue weighted by Crippen LogP contribution is 2.24. The van der Waals surface area contributed by atoms with E-state index < -0.39 is 16.1 Å². The summed E-state index contributed by atoms with van der Waals surface area (Å²) in [5.74, 6) is 0.104. The minimum absolute atomic E-state index is 0.0926. The van der Waals surface area contributed by atoms with E-state index in [0.29, 0.717) is 24.4 Å². The number of hydrogen-bond donors (Lipinski definition) is 1. The van der Waals surface area contributed by atoms with Gasteiger partial charge in [0, 0.05) is 36.6 Å². The van der Waals surface area contributed by atoms with E-state index in [1.807, 2.05) is 31.2 Å². The second-order valence-corrected chi connectivity index (χ2v) is 11.1. The Kier molecular flexibility index (Phi) is 11.0. The fourth-order valence-corrected chi connectivity index (χ4v) is 4.98. The largest absolute Gasteiger partial charge is 0.497 e. The van der Waals surface area contributed by atoms with Crippen LogP contribution in [0.2, 0.25) is 0 Å². The van der Waals surface area contributed by atoms with Gasteiger partial charge >= 0.3 is 0 Å². The molecule has 0 aliphatic rings. The molecule has 10 heteroatoms. The van der Waals surface area contributed by atoms with E-state index in [9.17, 15) is 18.0 Å². The quantitative estimate of drug-likeness (QED) is 0.395. The molecule has 0 heterocycles. The Hall–Kier alpha value is -2.59. The van der Waals surface area contributed by atoms with Gasteiger partial charge in [0.1, 0.15) is 11.8 Å². The molecular formula is C25H34BrN3O5S. The van der Waals surface area contributed by atoms with Crippen LogP contribution in [0.3, 0.4) is 0 Å². The number of carbonyl (C=O) groups is 2. The Morgan fingerprint density at radius 3 is 2.49 bits per heavy atom. The van der Waals surface area contributed by atoms with Crippen molar-refractivity contribution < 1.29 is 22.7 Å². The zero-order valence-electron chi connectivity index (χ0n) is 20.7. The first-order valence-corrected chi connectivity index (χ1v) is 14.1. The van der Waals surface area contributed by atoms with Gasteiger partial charge in [0.05, 0.1) is 19.1 Å². The maximum Gasteiger partial charge on any atom is 0.242 e. The summed E-state index contributed by atoms with van der Waals surface area (Å²) in [6, 6.07) is 13.7. The summed E-state index contributed by atoms with van der Waals surface area (Å²) >= 11 is 3.44. The summed E-state index contributed by atoms with van der Waals surface area (Å²) in [6.07, 6.45) is 2.31. The van der Waals surface area contributed by atoms with E-state index in [-0.39, 0.29) is 31.3 Å². The molecule has 0 aliphatic heterocycles. The highest BCUT2D eigenvalue weighted by molar-refractivity contribution is 9.10. The average Bonchev–Trinajstić information content (AvgIpc) is 2.82. The van der Waals surface area contributed by atoms with Gasteiger partial charge < -0.3 is 15.0 Å². The molecule has 35 heavy (non-hydrogen) atoms.